The van der Waals surface area contributed by atoms with Crippen LogP contribution in [0, 0.1) is 5.82 Å². The standard InChI is InChI=1S/C19H13FN2O5S/c20-14-4-2-1-3-12(14)9-15-17(24)22(19(27)28-15)10-16(23)21-13-7-5-11(6-8-13)18(25)26/h1-9H,10H2,(H,21,23)(H,25,26)/b15-9-. The van der Waals surface area contributed by atoms with Crippen molar-refractivity contribution in [1.29, 1.82) is 0 Å². The number of carbonyl (C=O) groups excluding carboxylic acids is 3. The van der Waals surface area contributed by atoms with Crippen molar-refractivity contribution in [2.24, 2.45) is 0 Å². The maximum atomic E-state index is 13.7. The van der Waals surface area contributed by atoms with Crippen molar-refractivity contribution in [1.82, 2.24) is 4.90 Å². The SMILES string of the molecule is O=C(CN1C(=O)S/C(=C\c2ccccc2F)C1=O)Nc1ccc(C(=O)O)cc1. The fourth-order valence-corrected chi connectivity index (χ4v) is 3.24. The highest BCUT2D eigenvalue weighted by molar-refractivity contribution is 8.18. The van der Waals surface area contributed by atoms with Gasteiger partial charge in [0.05, 0.1) is 10.5 Å². The number of amides is 3. The van der Waals surface area contributed by atoms with Gasteiger partial charge >= 0.3 is 5.97 Å². The molecule has 0 bridgehead atoms. The molecule has 2 aromatic carbocycles. The fraction of sp³-hybridized carbons (Fsp3) is 0.0526. The number of carboxylic acid groups (broad SMARTS) is 1. The second-order valence-corrected chi connectivity index (χ2v) is 6.71. The molecule has 7 nitrogen and oxygen atoms in total. The molecule has 142 valence electrons. The Kier molecular flexibility index (Phi) is 5.55. The fourth-order valence-electron chi connectivity index (χ4n) is 2.41. The summed E-state index contributed by atoms with van der Waals surface area (Å²) in [7, 11) is 0. The maximum Gasteiger partial charge on any atom is 0.335 e. The van der Waals surface area contributed by atoms with Crippen LogP contribution in [0.2, 0.25) is 0 Å². The average Bonchev–Trinajstić information content (AvgIpc) is 2.91. The van der Waals surface area contributed by atoms with E-state index < -0.39 is 35.4 Å². The number of nitrogens with zero attached hydrogens (tertiary/aromatic N) is 1. The van der Waals surface area contributed by atoms with Crippen molar-refractivity contribution in [3.63, 3.8) is 0 Å². The summed E-state index contributed by atoms with van der Waals surface area (Å²) in [6.45, 7) is -0.514. The summed E-state index contributed by atoms with van der Waals surface area (Å²) in [4.78, 5) is 48.2. The van der Waals surface area contributed by atoms with Crippen molar-refractivity contribution in [3.8, 4) is 0 Å². The highest BCUT2D eigenvalue weighted by atomic mass is 32.2. The van der Waals surface area contributed by atoms with Gasteiger partial charge < -0.3 is 10.4 Å². The number of aromatic carboxylic acids is 1. The second kappa shape index (κ2) is 8.05. The predicted octanol–water partition coefficient (Wildman–Crippen LogP) is 3.20. The molecule has 3 rings (SSSR count). The van der Waals surface area contributed by atoms with Crippen molar-refractivity contribution in [2.45, 2.75) is 0 Å². The van der Waals surface area contributed by atoms with Gasteiger partial charge in [-0.15, -0.1) is 0 Å². The summed E-state index contributed by atoms with van der Waals surface area (Å²) >= 11 is 0.625. The third kappa shape index (κ3) is 4.26. The lowest BCUT2D eigenvalue weighted by Gasteiger charge is -2.12. The van der Waals surface area contributed by atoms with Crippen molar-refractivity contribution in [3.05, 3.63) is 70.4 Å². The highest BCUT2D eigenvalue weighted by Gasteiger charge is 2.36. The van der Waals surface area contributed by atoms with Crippen molar-refractivity contribution in [2.75, 3.05) is 11.9 Å². The third-order valence-electron chi connectivity index (χ3n) is 3.78. The van der Waals surface area contributed by atoms with Gasteiger partial charge in [0.1, 0.15) is 12.4 Å². The van der Waals surface area contributed by atoms with E-state index in [0.717, 1.165) is 4.90 Å². The zero-order valence-corrected chi connectivity index (χ0v) is 15.0. The van der Waals surface area contributed by atoms with Crippen LogP contribution in [0.4, 0.5) is 14.9 Å². The van der Waals surface area contributed by atoms with E-state index in [1.54, 1.807) is 6.07 Å². The van der Waals surface area contributed by atoms with E-state index in [1.807, 2.05) is 0 Å². The molecule has 1 aliphatic heterocycles. The van der Waals surface area contributed by atoms with Crippen LogP contribution in [0.5, 0.6) is 0 Å². The summed E-state index contributed by atoms with van der Waals surface area (Å²) in [6.07, 6.45) is 1.27. The molecular weight excluding hydrogens is 387 g/mol. The molecule has 0 aliphatic carbocycles. The highest BCUT2D eigenvalue weighted by Crippen LogP contribution is 2.32. The molecule has 1 fully saturated rings. The van der Waals surface area contributed by atoms with Crippen LogP contribution in [0.25, 0.3) is 6.08 Å². The first-order valence-electron chi connectivity index (χ1n) is 7.98. The summed E-state index contributed by atoms with van der Waals surface area (Å²) < 4.78 is 13.7. The summed E-state index contributed by atoms with van der Waals surface area (Å²) in [5.74, 6) is -2.94. The van der Waals surface area contributed by atoms with Gasteiger partial charge in [0.15, 0.2) is 0 Å². The van der Waals surface area contributed by atoms with E-state index in [2.05, 4.69) is 5.32 Å². The summed E-state index contributed by atoms with van der Waals surface area (Å²) in [5, 5.41) is 10.7. The second-order valence-electron chi connectivity index (χ2n) is 5.72. The van der Waals surface area contributed by atoms with E-state index in [1.165, 1.54) is 48.5 Å². The van der Waals surface area contributed by atoms with Crippen LogP contribution in [0.3, 0.4) is 0 Å². The molecule has 9 heteroatoms. The van der Waals surface area contributed by atoms with Gasteiger partial charge in [-0.3, -0.25) is 19.3 Å². The molecule has 1 aliphatic rings. The first kappa shape index (κ1) is 19.3. The first-order valence-corrected chi connectivity index (χ1v) is 8.80. The van der Waals surface area contributed by atoms with E-state index >= 15 is 0 Å². The molecule has 1 heterocycles. The summed E-state index contributed by atoms with van der Waals surface area (Å²) in [6, 6.07) is 11.2. The Morgan fingerprint density at radius 1 is 1.11 bits per heavy atom. The molecule has 0 radical (unpaired) electrons. The van der Waals surface area contributed by atoms with Gasteiger partial charge in [0.2, 0.25) is 5.91 Å². The lowest BCUT2D eigenvalue weighted by Crippen LogP contribution is -2.36. The number of thioether (sulfide) groups is 1. The molecule has 0 saturated carbocycles. The topological polar surface area (TPSA) is 104 Å². The molecule has 0 atom stereocenters. The van der Waals surface area contributed by atoms with Crippen LogP contribution >= 0.6 is 11.8 Å². The van der Waals surface area contributed by atoms with Crippen LogP contribution in [0.15, 0.2) is 53.4 Å². The Hall–Kier alpha value is -3.46. The number of carboxylic acids is 1. The first-order chi connectivity index (χ1) is 13.3. The van der Waals surface area contributed by atoms with Gasteiger partial charge in [-0.2, -0.15) is 0 Å². The van der Waals surface area contributed by atoms with Gasteiger partial charge in [-0.25, -0.2) is 9.18 Å². The van der Waals surface area contributed by atoms with Gasteiger partial charge in [-0.1, -0.05) is 18.2 Å². The number of benzene rings is 2. The number of carbonyl (C=O) groups is 4. The van der Waals surface area contributed by atoms with Crippen LogP contribution in [-0.4, -0.2) is 39.6 Å². The lowest BCUT2D eigenvalue weighted by atomic mass is 10.2. The minimum Gasteiger partial charge on any atom is -0.478 e. The Morgan fingerprint density at radius 3 is 2.43 bits per heavy atom. The van der Waals surface area contributed by atoms with E-state index in [-0.39, 0.29) is 16.0 Å². The molecule has 0 spiro atoms. The molecule has 2 N–H and O–H groups in total. The molecule has 2 aromatic rings. The van der Waals surface area contributed by atoms with Gasteiger partial charge in [0, 0.05) is 11.3 Å². The smallest absolute Gasteiger partial charge is 0.335 e. The third-order valence-corrected chi connectivity index (χ3v) is 4.69. The molecule has 28 heavy (non-hydrogen) atoms. The molecule has 0 aromatic heterocycles. The molecule has 0 unspecified atom stereocenters. The number of hydrogen-bond acceptors (Lipinski definition) is 5. The van der Waals surface area contributed by atoms with Crippen LogP contribution < -0.4 is 5.32 Å². The predicted molar refractivity (Wildman–Crippen MR) is 101 cm³/mol. The number of nitrogens with one attached hydrogen (secondary N) is 1. The normalized spacial score (nSPS) is 15.2. The quantitative estimate of drug-likeness (QED) is 0.747. The van der Waals surface area contributed by atoms with Crippen molar-refractivity contribution >= 4 is 46.5 Å². The van der Waals surface area contributed by atoms with Crippen LogP contribution in [0.1, 0.15) is 15.9 Å². The number of anilines is 1. The molecule has 1 saturated heterocycles. The Balaban J connectivity index is 1.68. The van der Waals surface area contributed by atoms with Crippen molar-refractivity contribution < 1.29 is 28.7 Å². The van der Waals surface area contributed by atoms with Crippen LogP contribution in [-0.2, 0) is 9.59 Å². The zero-order chi connectivity index (χ0) is 20.3. The minimum atomic E-state index is -1.10. The number of hydrogen-bond donors (Lipinski definition) is 2. The monoisotopic (exact) mass is 400 g/mol. The largest absolute Gasteiger partial charge is 0.478 e. The van der Waals surface area contributed by atoms with E-state index in [4.69, 9.17) is 5.11 Å². The molecule has 3 amide bonds. The van der Waals surface area contributed by atoms with E-state index in [0.29, 0.717) is 17.4 Å². The summed E-state index contributed by atoms with van der Waals surface area (Å²) in [5.41, 5.74) is 0.544. The van der Waals surface area contributed by atoms with Gasteiger partial charge in [-0.05, 0) is 48.2 Å². The van der Waals surface area contributed by atoms with Gasteiger partial charge in [0.25, 0.3) is 11.1 Å². The minimum absolute atomic E-state index is 0.0220. The lowest BCUT2D eigenvalue weighted by molar-refractivity contribution is -0.127. The van der Waals surface area contributed by atoms with E-state index in [9.17, 15) is 23.6 Å². The Bertz CT molecular complexity index is 1000. The Labute approximate surface area is 162 Å². The Morgan fingerprint density at radius 2 is 1.79 bits per heavy atom. The number of rotatable bonds is 5. The average molecular weight is 400 g/mol. The number of halogens is 1. The number of imide groups is 1. The zero-order valence-electron chi connectivity index (χ0n) is 14.2. The molecular formula is C19H13FN2O5S. The maximum absolute atomic E-state index is 13.7.